The first-order chi connectivity index (χ1) is 14.0. The second kappa shape index (κ2) is 9.27. The Morgan fingerprint density at radius 1 is 1.10 bits per heavy atom. The number of carbonyl (C=O) groups is 1. The van der Waals surface area contributed by atoms with Crippen molar-refractivity contribution in [2.75, 3.05) is 5.32 Å². The van der Waals surface area contributed by atoms with Crippen molar-refractivity contribution in [2.24, 2.45) is 0 Å². The SMILES string of the molecule is CCCCCn1nc(C(=O)Nc2ccccc2OC(F)F)c2ccccc2c1=O. The highest BCUT2D eigenvalue weighted by Gasteiger charge is 2.19. The molecule has 0 aliphatic rings. The fraction of sp³-hybridized carbons (Fsp3) is 0.286. The molecule has 0 atom stereocenters. The number of fused-ring (bicyclic) bond motifs is 1. The number of hydrogen-bond acceptors (Lipinski definition) is 4. The van der Waals surface area contributed by atoms with Crippen LogP contribution in [0.1, 0.15) is 36.7 Å². The van der Waals surface area contributed by atoms with Gasteiger partial charge < -0.3 is 10.1 Å². The summed E-state index contributed by atoms with van der Waals surface area (Å²) in [6.07, 6.45) is 2.67. The molecule has 0 saturated heterocycles. The molecule has 0 spiro atoms. The van der Waals surface area contributed by atoms with Crippen LogP contribution in [0.3, 0.4) is 0 Å². The van der Waals surface area contributed by atoms with Gasteiger partial charge in [0.05, 0.1) is 11.1 Å². The van der Waals surface area contributed by atoms with Gasteiger partial charge in [-0.05, 0) is 24.6 Å². The molecule has 0 bridgehead atoms. The van der Waals surface area contributed by atoms with E-state index in [-0.39, 0.29) is 22.7 Å². The number of benzene rings is 2. The van der Waals surface area contributed by atoms with Crippen LogP contribution in [0.5, 0.6) is 5.75 Å². The minimum atomic E-state index is -3.02. The van der Waals surface area contributed by atoms with Gasteiger partial charge >= 0.3 is 6.61 Å². The van der Waals surface area contributed by atoms with Gasteiger partial charge in [0.2, 0.25) is 0 Å². The summed E-state index contributed by atoms with van der Waals surface area (Å²) in [5, 5.41) is 7.60. The number of amides is 1. The van der Waals surface area contributed by atoms with Gasteiger partial charge in [0.1, 0.15) is 5.75 Å². The molecular weight excluding hydrogens is 380 g/mol. The number of ether oxygens (including phenoxy) is 1. The van der Waals surface area contributed by atoms with Gasteiger partial charge in [-0.2, -0.15) is 13.9 Å². The number of nitrogens with one attached hydrogen (secondary N) is 1. The number of nitrogens with zero attached hydrogens (tertiary/aromatic N) is 2. The predicted octanol–water partition coefficient (Wildman–Crippen LogP) is 4.44. The Balaban J connectivity index is 1.99. The highest BCUT2D eigenvalue weighted by molar-refractivity contribution is 6.11. The molecule has 0 aliphatic carbocycles. The molecule has 152 valence electrons. The first-order valence-electron chi connectivity index (χ1n) is 9.36. The molecule has 0 radical (unpaired) electrons. The number of anilines is 1. The van der Waals surface area contributed by atoms with Crippen molar-refractivity contribution in [3.05, 3.63) is 64.6 Å². The quantitative estimate of drug-likeness (QED) is 0.567. The number of carbonyl (C=O) groups excluding carboxylic acids is 1. The van der Waals surface area contributed by atoms with Crippen LogP contribution in [0.15, 0.2) is 53.3 Å². The van der Waals surface area contributed by atoms with Gasteiger partial charge in [-0.15, -0.1) is 0 Å². The third-order valence-electron chi connectivity index (χ3n) is 4.41. The summed E-state index contributed by atoms with van der Waals surface area (Å²) < 4.78 is 31.0. The van der Waals surface area contributed by atoms with E-state index in [1.54, 1.807) is 30.3 Å². The van der Waals surface area contributed by atoms with Gasteiger partial charge in [0.15, 0.2) is 5.69 Å². The summed E-state index contributed by atoms with van der Waals surface area (Å²) in [6, 6.07) is 12.6. The van der Waals surface area contributed by atoms with Crippen molar-refractivity contribution >= 4 is 22.4 Å². The van der Waals surface area contributed by atoms with Crippen molar-refractivity contribution in [2.45, 2.75) is 39.3 Å². The van der Waals surface area contributed by atoms with Crippen LogP contribution in [-0.2, 0) is 6.54 Å². The largest absolute Gasteiger partial charge is 0.433 e. The highest BCUT2D eigenvalue weighted by atomic mass is 19.3. The van der Waals surface area contributed by atoms with E-state index in [1.165, 1.54) is 22.9 Å². The molecule has 8 heteroatoms. The van der Waals surface area contributed by atoms with Crippen LogP contribution in [0.2, 0.25) is 0 Å². The normalized spacial score (nSPS) is 11.0. The van der Waals surface area contributed by atoms with Crippen molar-refractivity contribution < 1.29 is 18.3 Å². The number of aryl methyl sites for hydroxylation is 1. The molecule has 0 fully saturated rings. The van der Waals surface area contributed by atoms with Crippen molar-refractivity contribution in [3.8, 4) is 5.75 Å². The van der Waals surface area contributed by atoms with Gasteiger partial charge in [-0.1, -0.05) is 50.1 Å². The molecule has 2 aromatic carbocycles. The van der Waals surface area contributed by atoms with Crippen LogP contribution in [0, 0.1) is 0 Å². The molecule has 3 aromatic rings. The molecule has 3 rings (SSSR count). The molecule has 6 nitrogen and oxygen atoms in total. The monoisotopic (exact) mass is 401 g/mol. The summed E-state index contributed by atoms with van der Waals surface area (Å²) in [6.45, 7) is -0.579. The Kier molecular flexibility index (Phi) is 6.54. The van der Waals surface area contributed by atoms with Crippen molar-refractivity contribution in [1.82, 2.24) is 9.78 Å². The summed E-state index contributed by atoms with van der Waals surface area (Å²) in [4.78, 5) is 25.6. The van der Waals surface area contributed by atoms with Crippen LogP contribution < -0.4 is 15.6 Å². The number of halogens is 2. The molecule has 0 aliphatic heterocycles. The Hall–Kier alpha value is -3.29. The molecule has 1 heterocycles. The lowest BCUT2D eigenvalue weighted by molar-refractivity contribution is -0.0493. The lowest BCUT2D eigenvalue weighted by Gasteiger charge is -2.13. The highest BCUT2D eigenvalue weighted by Crippen LogP contribution is 2.26. The molecule has 29 heavy (non-hydrogen) atoms. The Morgan fingerprint density at radius 2 is 1.79 bits per heavy atom. The fourth-order valence-corrected chi connectivity index (χ4v) is 3.02. The average molecular weight is 401 g/mol. The number of alkyl halides is 2. The minimum absolute atomic E-state index is 0.0450. The number of aromatic nitrogens is 2. The van der Waals surface area contributed by atoms with Crippen molar-refractivity contribution in [3.63, 3.8) is 0 Å². The second-order valence-corrected chi connectivity index (χ2v) is 6.46. The van der Waals surface area contributed by atoms with Crippen LogP contribution in [-0.4, -0.2) is 22.3 Å². The van der Waals surface area contributed by atoms with Gasteiger partial charge in [0, 0.05) is 11.9 Å². The average Bonchev–Trinajstić information content (AvgIpc) is 2.71. The van der Waals surface area contributed by atoms with E-state index < -0.39 is 12.5 Å². The van der Waals surface area contributed by atoms with Crippen LogP contribution in [0.4, 0.5) is 14.5 Å². The van der Waals surface area contributed by atoms with E-state index in [2.05, 4.69) is 15.2 Å². The first kappa shape index (κ1) is 20.4. The lowest BCUT2D eigenvalue weighted by Crippen LogP contribution is -2.28. The van der Waals surface area contributed by atoms with Crippen molar-refractivity contribution in [1.29, 1.82) is 0 Å². The Morgan fingerprint density at radius 3 is 2.52 bits per heavy atom. The van der Waals surface area contributed by atoms with E-state index in [0.717, 1.165) is 19.3 Å². The predicted molar refractivity (Wildman–Crippen MR) is 107 cm³/mol. The summed E-state index contributed by atoms with van der Waals surface area (Å²) in [5.41, 5.74) is -0.134. The number of hydrogen-bond donors (Lipinski definition) is 1. The zero-order valence-electron chi connectivity index (χ0n) is 15.9. The third kappa shape index (κ3) is 4.77. The van der Waals surface area contributed by atoms with E-state index in [9.17, 15) is 18.4 Å². The number of para-hydroxylation sites is 2. The van der Waals surface area contributed by atoms with Gasteiger partial charge in [-0.3, -0.25) is 9.59 Å². The third-order valence-corrected chi connectivity index (χ3v) is 4.41. The molecule has 0 saturated carbocycles. The summed E-state index contributed by atoms with van der Waals surface area (Å²) in [5.74, 6) is -0.771. The zero-order chi connectivity index (χ0) is 20.8. The van der Waals surface area contributed by atoms with Crippen LogP contribution >= 0.6 is 0 Å². The van der Waals surface area contributed by atoms with Crippen LogP contribution in [0.25, 0.3) is 10.8 Å². The van der Waals surface area contributed by atoms with Gasteiger partial charge in [0.25, 0.3) is 11.5 Å². The maximum Gasteiger partial charge on any atom is 0.387 e. The molecular formula is C21H21F2N3O3. The van der Waals surface area contributed by atoms with Gasteiger partial charge in [-0.25, -0.2) is 4.68 Å². The summed E-state index contributed by atoms with van der Waals surface area (Å²) >= 11 is 0. The maximum absolute atomic E-state index is 12.9. The van der Waals surface area contributed by atoms with E-state index in [0.29, 0.717) is 17.3 Å². The number of unbranched alkanes of at least 4 members (excludes halogenated alkanes) is 2. The van der Waals surface area contributed by atoms with E-state index >= 15 is 0 Å². The topological polar surface area (TPSA) is 73.2 Å². The standard InChI is InChI=1S/C21H21F2N3O3/c1-2-3-8-13-26-20(28)15-10-5-4-9-14(15)18(25-26)19(27)24-16-11-6-7-12-17(16)29-21(22)23/h4-7,9-12,21H,2-3,8,13H2,1H3,(H,24,27). The second-order valence-electron chi connectivity index (χ2n) is 6.46. The zero-order valence-corrected chi connectivity index (χ0v) is 15.9. The molecule has 0 unspecified atom stereocenters. The number of rotatable bonds is 8. The van der Waals surface area contributed by atoms with E-state index in [1.807, 2.05) is 6.92 Å². The Labute approximate surface area is 166 Å². The fourth-order valence-electron chi connectivity index (χ4n) is 3.02. The first-order valence-corrected chi connectivity index (χ1v) is 9.36. The Bertz CT molecular complexity index is 1070. The maximum atomic E-state index is 12.9. The summed E-state index contributed by atoms with van der Waals surface area (Å²) in [7, 11) is 0. The molecule has 1 aromatic heterocycles. The lowest BCUT2D eigenvalue weighted by atomic mass is 10.1. The molecule has 1 N–H and O–H groups in total. The minimum Gasteiger partial charge on any atom is -0.433 e. The molecule has 1 amide bonds. The van der Waals surface area contributed by atoms with E-state index in [4.69, 9.17) is 0 Å². The smallest absolute Gasteiger partial charge is 0.387 e.